The van der Waals surface area contributed by atoms with E-state index in [2.05, 4.69) is 4.98 Å². The van der Waals surface area contributed by atoms with Crippen LogP contribution in [0.4, 0.5) is 0 Å². The van der Waals surface area contributed by atoms with Gasteiger partial charge in [0, 0.05) is 18.7 Å². The number of H-pyrrole nitrogens is 1. The maximum absolute atomic E-state index is 11.8. The first-order valence-electron chi connectivity index (χ1n) is 5.68. The number of aromatic nitrogens is 2. The Kier molecular flexibility index (Phi) is 2.21. The van der Waals surface area contributed by atoms with Crippen molar-refractivity contribution in [3.8, 4) is 0 Å². The van der Waals surface area contributed by atoms with E-state index in [1.165, 1.54) is 12.8 Å². The second-order valence-corrected chi connectivity index (χ2v) is 4.54. The molecule has 1 N–H and O–H groups in total. The lowest BCUT2D eigenvalue weighted by Gasteiger charge is -2.20. The average Bonchev–Trinajstić information content (AvgIpc) is 3.08. The highest BCUT2D eigenvalue weighted by molar-refractivity contribution is 5.14. The summed E-state index contributed by atoms with van der Waals surface area (Å²) >= 11 is 0. The molecule has 5 nitrogen and oxygen atoms in total. The lowest BCUT2D eigenvalue weighted by atomic mass is 10.2. The third kappa shape index (κ3) is 1.61. The van der Waals surface area contributed by atoms with Gasteiger partial charge in [0.1, 0.15) is 0 Å². The molecular weight excluding hydrogens is 208 g/mol. The first-order chi connectivity index (χ1) is 7.75. The van der Waals surface area contributed by atoms with Gasteiger partial charge in [-0.15, -0.1) is 0 Å². The number of nitrogens with zero attached hydrogens (tertiary/aromatic N) is 1. The zero-order valence-electron chi connectivity index (χ0n) is 8.99. The molecule has 0 spiro atoms. The van der Waals surface area contributed by atoms with Crippen molar-refractivity contribution in [3.63, 3.8) is 0 Å². The predicted molar refractivity (Wildman–Crippen MR) is 57.4 cm³/mol. The summed E-state index contributed by atoms with van der Waals surface area (Å²) in [6, 6.07) is 0. The maximum atomic E-state index is 11.8. The smallest absolute Gasteiger partial charge is 0.316 e. The molecule has 1 saturated carbocycles. The van der Waals surface area contributed by atoms with Crippen molar-refractivity contribution in [3.05, 3.63) is 32.1 Å². The highest BCUT2D eigenvalue weighted by atomic mass is 16.5. The number of nitrogens with one attached hydrogen (secondary N) is 1. The zero-order valence-corrected chi connectivity index (χ0v) is 8.99. The van der Waals surface area contributed by atoms with E-state index in [4.69, 9.17) is 4.74 Å². The molecule has 0 bridgehead atoms. The molecule has 16 heavy (non-hydrogen) atoms. The minimum atomic E-state index is -0.523. The summed E-state index contributed by atoms with van der Waals surface area (Å²) in [4.78, 5) is 25.9. The third-order valence-corrected chi connectivity index (χ3v) is 3.25. The predicted octanol–water partition coefficient (Wildman–Crippen LogP) is 0.0193. The summed E-state index contributed by atoms with van der Waals surface area (Å²) in [5.41, 5.74) is 0.803. The van der Waals surface area contributed by atoms with Crippen LogP contribution in [0.15, 0.2) is 9.59 Å². The second kappa shape index (κ2) is 3.59. The van der Waals surface area contributed by atoms with E-state index in [0.29, 0.717) is 32.1 Å². The van der Waals surface area contributed by atoms with Gasteiger partial charge >= 0.3 is 11.1 Å². The Morgan fingerprint density at radius 1 is 1.38 bits per heavy atom. The van der Waals surface area contributed by atoms with Crippen LogP contribution in [0.25, 0.3) is 0 Å². The van der Waals surface area contributed by atoms with Crippen molar-refractivity contribution >= 4 is 0 Å². The van der Waals surface area contributed by atoms with Crippen LogP contribution in [0.5, 0.6) is 0 Å². The summed E-state index contributed by atoms with van der Waals surface area (Å²) < 4.78 is 6.94. The first kappa shape index (κ1) is 9.84. The molecule has 1 aliphatic heterocycles. The van der Waals surface area contributed by atoms with E-state index in [0.717, 1.165) is 11.4 Å². The van der Waals surface area contributed by atoms with Crippen molar-refractivity contribution in [1.29, 1.82) is 0 Å². The molecule has 1 aliphatic carbocycles. The van der Waals surface area contributed by atoms with Gasteiger partial charge < -0.3 is 14.3 Å². The van der Waals surface area contributed by atoms with E-state index in [-0.39, 0.29) is 0 Å². The molecule has 0 aromatic carbocycles. The molecule has 0 saturated heterocycles. The van der Waals surface area contributed by atoms with Crippen molar-refractivity contribution in [1.82, 2.24) is 9.55 Å². The summed E-state index contributed by atoms with van der Waals surface area (Å²) in [6.45, 7) is 1.74. The number of hydrogen-bond donors (Lipinski definition) is 1. The number of rotatable bonds is 2. The van der Waals surface area contributed by atoms with E-state index in [1.54, 1.807) is 4.57 Å². The van der Waals surface area contributed by atoms with Gasteiger partial charge in [-0.3, -0.25) is 9.59 Å². The van der Waals surface area contributed by atoms with Gasteiger partial charge in [0.25, 0.3) is 0 Å². The second-order valence-electron chi connectivity index (χ2n) is 4.54. The molecule has 0 radical (unpaired) electrons. The zero-order chi connectivity index (χ0) is 11.1. The van der Waals surface area contributed by atoms with Crippen molar-refractivity contribution in [2.45, 2.75) is 32.4 Å². The van der Waals surface area contributed by atoms with E-state index in [9.17, 15) is 9.59 Å². The fourth-order valence-electron chi connectivity index (χ4n) is 2.17. The normalized spacial score (nSPS) is 19.5. The first-order valence-corrected chi connectivity index (χ1v) is 5.68. The number of aromatic amines is 1. The van der Waals surface area contributed by atoms with Crippen LogP contribution in [0.3, 0.4) is 0 Å². The SMILES string of the molecule is O=c1[nH]c2c(n(CC3CC3)c1=O)CCOC2. The topological polar surface area (TPSA) is 64.1 Å². The van der Waals surface area contributed by atoms with Gasteiger partial charge in [0.2, 0.25) is 0 Å². The standard InChI is InChI=1S/C11H14N2O3/c14-10-11(15)13(5-7-1-2-7)9-3-4-16-6-8(9)12-10/h7H,1-6H2,(H,12,14). The van der Waals surface area contributed by atoms with Crippen LogP contribution in [0.2, 0.25) is 0 Å². The van der Waals surface area contributed by atoms with Crippen LogP contribution in [0, 0.1) is 5.92 Å². The lowest BCUT2D eigenvalue weighted by Crippen LogP contribution is -2.41. The Labute approximate surface area is 92.1 Å². The molecule has 0 amide bonds. The van der Waals surface area contributed by atoms with Gasteiger partial charge in [-0.25, -0.2) is 0 Å². The van der Waals surface area contributed by atoms with Crippen LogP contribution in [0.1, 0.15) is 24.2 Å². The molecule has 86 valence electrons. The van der Waals surface area contributed by atoms with Gasteiger partial charge in [-0.2, -0.15) is 0 Å². The molecule has 2 heterocycles. The summed E-state index contributed by atoms with van der Waals surface area (Å²) in [7, 11) is 0. The Morgan fingerprint density at radius 2 is 2.19 bits per heavy atom. The fraction of sp³-hybridized carbons (Fsp3) is 0.636. The largest absolute Gasteiger partial charge is 0.375 e. The van der Waals surface area contributed by atoms with Crippen LogP contribution < -0.4 is 11.1 Å². The Hall–Kier alpha value is -1.36. The van der Waals surface area contributed by atoms with Gasteiger partial charge in [-0.05, 0) is 18.8 Å². The summed E-state index contributed by atoms with van der Waals surface area (Å²) in [6.07, 6.45) is 3.06. The molecule has 1 aromatic rings. The van der Waals surface area contributed by atoms with Crippen LogP contribution >= 0.6 is 0 Å². The molecule has 3 rings (SSSR count). The van der Waals surface area contributed by atoms with Gasteiger partial charge in [0.15, 0.2) is 0 Å². The summed E-state index contributed by atoms with van der Waals surface area (Å²) in [5, 5.41) is 0. The summed E-state index contributed by atoms with van der Waals surface area (Å²) in [5.74, 6) is 0.589. The molecule has 5 heteroatoms. The molecule has 2 aliphatic rings. The molecular formula is C11H14N2O3. The van der Waals surface area contributed by atoms with Crippen LogP contribution in [-0.2, 0) is 24.3 Å². The molecule has 1 aromatic heterocycles. The number of fused-ring (bicyclic) bond motifs is 1. The Balaban J connectivity index is 2.13. The van der Waals surface area contributed by atoms with E-state index in [1.807, 2.05) is 0 Å². The number of ether oxygens (including phenoxy) is 1. The van der Waals surface area contributed by atoms with E-state index < -0.39 is 11.1 Å². The van der Waals surface area contributed by atoms with Gasteiger partial charge in [-0.1, -0.05) is 0 Å². The van der Waals surface area contributed by atoms with Crippen LogP contribution in [-0.4, -0.2) is 16.2 Å². The molecule has 1 fully saturated rings. The fourth-order valence-corrected chi connectivity index (χ4v) is 2.17. The highest BCUT2D eigenvalue weighted by Gasteiger charge is 2.25. The monoisotopic (exact) mass is 222 g/mol. The molecule has 0 unspecified atom stereocenters. The quantitative estimate of drug-likeness (QED) is 0.717. The average molecular weight is 222 g/mol. The van der Waals surface area contributed by atoms with Crippen molar-refractivity contribution in [2.75, 3.05) is 6.61 Å². The van der Waals surface area contributed by atoms with Crippen molar-refractivity contribution < 1.29 is 4.74 Å². The highest BCUT2D eigenvalue weighted by Crippen LogP contribution is 2.30. The Morgan fingerprint density at radius 3 is 2.94 bits per heavy atom. The Bertz CT molecular complexity index is 525. The minimum Gasteiger partial charge on any atom is -0.375 e. The lowest BCUT2D eigenvalue weighted by molar-refractivity contribution is 0.103. The minimum absolute atomic E-state index is 0.410. The van der Waals surface area contributed by atoms with Gasteiger partial charge in [0.05, 0.1) is 18.9 Å². The van der Waals surface area contributed by atoms with Crippen molar-refractivity contribution in [2.24, 2.45) is 5.92 Å². The number of hydrogen-bond acceptors (Lipinski definition) is 3. The molecule has 0 atom stereocenters. The maximum Gasteiger partial charge on any atom is 0.316 e. The third-order valence-electron chi connectivity index (χ3n) is 3.25. The van der Waals surface area contributed by atoms with E-state index >= 15 is 0 Å².